The molecule has 0 aliphatic heterocycles. The molecule has 0 saturated carbocycles. The number of rotatable bonds is 5. The summed E-state index contributed by atoms with van der Waals surface area (Å²) in [4.78, 5) is 8.43. The second kappa shape index (κ2) is 5.52. The molecule has 0 fully saturated rings. The molecule has 3 N–H and O–H groups in total. The third-order valence-electron chi connectivity index (χ3n) is 2.56. The number of likely N-dealkylation sites (N-methyl/N-ethyl adjacent to an activating group) is 1. The molecule has 102 valence electrons. The molecule has 5 nitrogen and oxygen atoms in total. The van der Waals surface area contributed by atoms with Crippen molar-refractivity contribution < 1.29 is 0 Å². The van der Waals surface area contributed by atoms with Crippen LogP contribution in [0.3, 0.4) is 0 Å². The van der Waals surface area contributed by atoms with E-state index in [0.29, 0.717) is 0 Å². The molecule has 0 saturated heterocycles. The first-order chi connectivity index (χ1) is 8.22. The number of hydrogen-bond acceptors (Lipinski definition) is 5. The lowest BCUT2D eigenvalue weighted by Gasteiger charge is -2.25. The summed E-state index contributed by atoms with van der Waals surface area (Å²) in [6, 6.07) is 1.93. The fourth-order valence-electron chi connectivity index (χ4n) is 1.31. The molecule has 0 bridgehead atoms. The largest absolute Gasteiger partial charge is 0.368 e. The monoisotopic (exact) mass is 251 g/mol. The number of anilines is 2. The lowest BCUT2D eigenvalue weighted by molar-refractivity contribution is 0.447. The maximum atomic E-state index is 4.22. The van der Waals surface area contributed by atoms with Crippen LogP contribution in [0.2, 0.25) is 0 Å². The summed E-state index contributed by atoms with van der Waals surface area (Å²) in [5.41, 5.74) is 0.0262. The van der Waals surface area contributed by atoms with Crippen LogP contribution in [-0.4, -0.2) is 34.6 Å². The minimum atomic E-state index is -0.00410. The van der Waals surface area contributed by atoms with Gasteiger partial charge in [-0.1, -0.05) is 0 Å². The SMILES string of the molecule is CNC(C)(C)CNc1cc(NC(C)(C)C)ncn1. The molecule has 1 rings (SSSR count). The van der Waals surface area contributed by atoms with Crippen molar-refractivity contribution in [2.75, 3.05) is 24.2 Å². The molecule has 0 atom stereocenters. The molecule has 0 amide bonds. The first-order valence-electron chi connectivity index (χ1n) is 6.25. The van der Waals surface area contributed by atoms with Crippen molar-refractivity contribution in [2.24, 2.45) is 0 Å². The van der Waals surface area contributed by atoms with Crippen LogP contribution in [0.5, 0.6) is 0 Å². The van der Waals surface area contributed by atoms with Crippen molar-refractivity contribution in [3.05, 3.63) is 12.4 Å². The second-order valence-electron chi connectivity index (χ2n) is 6.15. The fraction of sp³-hybridized carbons (Fsp3) is 0.692. The van der Waals surface area contributed by atoms with Gasteiger partial charge in [-0.25, -0.2) is 9.97 Å². The number of nitrogens with one attached hydrogen (secondary N) is 3. The Morgan fingerprint density at radius 3 is 2.22 bits per heavy atom. The van der Waals surface area contributed by atoms with E-state index in [1.54, 1.807) is 6.33 Å². The zero-order valence-electron chi connectivity index (χ0n) is 12.3. The summed E-state index contributed by atoms with van der Waals surface area (Å²) in [5, 5.41) is 9.88. The Morgan fingerprint density at radius 2 is 1.67 bits per heavy atom. The first-order valence-corrected chi connectivity index (χ1v) is 6.25. The first kappa shape index (κ1) is 14.7. The van der Waals surface area contributed by atoms with Crippen LogP contribution in [0.1, 0.15) is 34.6 Å². The van der Waals surface area contributed by atoms with Crippen LogP contribution in [0.25, 0.3) is 0 Å². The lowest BCUT2D eigenvalue weighted by atomic mass is 10.1. The van der Waals surface area contributed by atoms with Gasteiger partial charge in [0.2, 0.25) is 0 Å². The average molecular weight is 251 g/mol. The predicted molar refractivity (Wildman–Crippen MR) is 77.0 cm³/mol. The van der Waals surface area contributed by atoms with E-state index in [2.05, 4.69) is 60.5 Å². The summed E-state index contributed by atoms with van der Waals surface area (Å²) < 4.78 is 0. The molecule has 0 unspecified atom stereocenters. The number of hydrogen-bond donors (Lipinski definition) is 3. The second-order valence-corrected chi connectivity index (χ2v) is 6.15. The molecule has 1 aromatic rings. The molecular formula is C13H25N5. The normalized spacial score (nSPS) is 12.3. The van der Waals surface area contributed by atoms with E-state index in [1.165, 1.54) is 0 Å². The Morgan fingerprint density at radius 1 is 1.06 bits per heavy atom. The highest BCUT2D eigenvalue weighted by Crippen LogP contribution is 2.14. The van der Waals surface area contributed by atoms with Gasteiger partial charge in [-0.3, -0.25) is 0 Å². The topological polar surface area (TPSA) is 61.9 Å². The van der Waals surface area contributed by atoms with Crippen molar-refractivity contribution >= 4 is 11.6 Å². The average Bonchev–Trinajstić information content (AvgIpc) is 2.25. The molecule has 0 aliphatic carbocycles. The van der Waals surface area contributed by atoms with E-state index < -0.39 is 0 Å². The van der Waals surface area contributed by atoms with Crippen LogP contribution >= 0.6 is 0 Å². The van der Waals surface area contributed by atoms with Gasteiger partial charge >= 0.3 is 0 Å². The van der Waals surface area contributed by atoms with Crippen molar-refractivity contribution in [1.29, 1.82) is 0 Å². The summed E-state index contributed by atoms with van der Waals surface area (Å²) in [5.74, 6) is 1.67. The maximum Gasteiger partial charge on any atom is 0.131 e. The molecule has 0 aromatic carbocycles. The van der Waals surface area contributed by atoms with Crippen molar-refractivity contribution in [3.8, 4) is 0 Å². The highest BCUT2D eigenvalue weighted by molar-refractivity contribution is 5.47. The van der Waals surface area contributed by atoms with Gasteiger partial charge in [-0.05, 0) is 41.7 Å². The Labute approximate surface area is 110 Å². The number of aromatic nitrogens is 2. The van der Waals surface area contributed by atoms with Gasteiger partial charge in [0.15, 0.2) is 0 Å². The van der Waals surface area contributed by atoms with E-state index in [0.717, 1.165) is 18.2 Å². The van der Waals surface area contributed by atoms with Gasteiger partial charge in [0, 0.05) is 23.7 Å². The summed E-state index contributed by atoms with van der Waals surface area (Å²) in [6.45, 7) is 11.4. The Hall–Kier alpha value is -1.36. The van der Waals surface area contributed by atoms with Crippen LogP contribution in [0.4, 0.5) is 11.6 Å². The van der Waals surface area contributed by atoms with Crippen LogP contribution in [0.15, 0.2) is 12.4 Å². The fourth-order valence-corrected chi connectivity index (χ4v) is 1.31. The van der Waals surface area contributed by atoms with Gasteiger partial charge in [-0.15, -0.1) is 0 Å². The lowest BCUT2D eigenvalue weighted by Crippen LogP contribution is -2.42. The van der Waals surface area contributed by atoms with Gasteiger partial charge in [-0.2, -0.15) is 0 Å². The van der Waals surface area contributed by atoms with Crippen molar-refractivity contribution in [3.63, 3.8) is 0 Å². The Bertz CT molecular complexity index is 381. The Kier molecular flexibility index (Phi) is 4.51. The smallest absolute Gasteiger partial charge is 0.131 e. The minimum Gasteiger partial charge on any atom is -0.368 e. The number of nitrogens with zero attached hydrogens (tertiary/aromatic N) is 2. The van der Waals surface area contributed by atoms with E-state index in [9.17, 15) is 0 Å². The molecule has 0 radical (unpaired) electrons. The van der Waals surface area contributed by atoms with Gasteiger partial charge in [0.25, 0.3) is 0 Å². The summed E-state index contributed by atoms with van der Waals surface area (Å²) >= 11 is 0. The van der Waals surface area contributed by atoms with E-state index in [1.807, 2.05) is 13.1 Å². The molecule has 1 heterocycles. The van der Waals surface area contributed by atoms with Crippen LogP contribution in [-0.2, 0) is 0 Å². The van der Waals surface area contributed by atoms with Crippen LogP contribution < -0.4 is 16.0 Å². The molecular weight excluding hydrogens is 226 g/mol. The summed E-state index contributed by atoms with van der Waals surface area (Å²) in [7, 11) is 1.95. The quantitative estimate of drug-likeness (QED) is 0.748. The van der Waals surface area contributed by atoms with Gasteiger partial charge in [0.1, 0.15) is 18.0 Å². The summed E-state index contributed by atoms with van der Waals surface area (Å²) in [6.07, 6.45) is 1.57. The zero-order chi connectivity index (χ0) is 13.8. The Balaban J connectivity index is 2.65. The standard InChI is InChI=1S/C13H25N5/c1-12(2,3)18-11-7-10(16-9-17-11)15-8-13(4,5)14-6/h7,9,14H,8H2,1-6H3,(H2,15,16,17,18). The third-order valence-corrected chi connectivity index (χ3v) is 2.56. The predicted octanol–water partition coefficient (Wildman–Crippen LogP) is 2.10. The van der Waals surface area contributed by atoms with Gasteiger partial charge < -0.3 is 16.0 Å². The van der Waals surface area contributed by atoms with Gasteiger partial charge in [0.05, 0.1) is 0 Å². The highest BCUT2D eigenvalue weighted by Gasteiger charge is 2.15. The third kappa shape index (κ3) is 5.31. The van der Waals surface area contributed by atoms with E-state index in [-0.39, 0.29) is 11.1 Å². The van der Waals surface area contributed by atoms with E-state index >= 15 is 0 Å². The zero-order valence-corrected chi connectivity index (χ0v) is 12.3. The van der Waals surface area contributed by atoms with Crippen molar-refractivity contribution in [2.45, 2.75) is 45.7 Å². The molecule has 5 heteroatoms. The van der Waals surface area contributed by atoms with Crippen LogP contribution in [0, 0.1) is 0 Å². The maximum absolute atomic E-state index is 4.22. The molecule has 18 heavy (non-hydrogen) atoms. The molecule has 1 aromatic heterocycles. The van der Waals surface area contributed by atoms with Crippen molar-refractivity contribution in [1.82, 2.24) is 15.3 Å². The highest BCUT2D eigenvalue weighted by atomic mass is 15.1. The molecule has 0 spiro atoms. The molecule has 0 aliphatic rings. The van der Waals surface area contributed by atoms with E-state index in [4.69, 9.17) is 0 Å². The minimum absolute atomic E-state index is 0.00410.